The zero-order chi connectivity index (χ0) is 19.7. The van der Waals surface area contributed by atoms with Gasteiger partial charge < -0.3 is 53.2 Å². The van der Waals surface area contributed by atoms with Gasteiger partial charge in [0.1, 0.15) is 0 Å². The molecule has 0 spiro atoms. The fourth-order valence-corrected chi connectivity index (χ4v) is 1.06. The van der Waals surface area contributed by atoms with Crippen molar-refractivity contribution in [3.05, 3.63) is 0 Å². The first-order chi connectivity index (χ1) is 10.0. The fourth-order valence-electron chi connectivity index (χ4n) is 1.06. The molecule has 1 fully saturated rings. The van der Waals surface area contributed by atoms with Crippen molar-refractivity contribution >= 4 is 21.8 Å². The van der Waals surface area contributed by atoms with E-state index in [0.717, 1.165) is 0 Å². The Morgan fingerprint density at radius 2 is 0.458 bits per heavy atom. The van der Waals surface area contributed by atoms with Crippen molar-refractivity contribution in [1.29, 1.82) is 0 Å². The number of rotatable bonds is 0. The van der Waals surface area contributed by atoms with Crippen LogP contribution in [0, 0.1) is 0 Å². The van der Waals surface area contributed by atoms with E-state index in [4.69, 9.17) is 0 Å². The van der Waals surface area contributed by atoms with E-state index in [1.807, 2.05) is 13.8 Å². The first kappa shape index (κ1) is 36.0. The van der Waals surface area contributed by atoms with E-state index in [0.29, 0.717) is 0 Å². The Hall–Kier alpha value is 0.991. The fraction of sp³-hybridized carbons (Fsp3) is 1.00. The zero-order valence-corrected chi connectivity index (χ0v) is 16.6. The number of halogens is 12. The molecule has 0 nitrogen and oxygen atoms in total. The summed E-state index contributed by atoms with van der Waals surface area (Å²) in [4.78, 5) is 0. The Morgan fingerprint density at radius 1 is 0.417 bits per heavy atom. The van der Waals surface area contributed by atoms with E-state index in [1.165, 1.54) is 38.5 Å². The van der Waals surface area contributed by atoms with Gasteiger partial charge in [-0.05, 0) is 0 Å². The largest absolute Gasteiger partial charge is 1.00 e. The molecule has 0 bridgehead atoms. The van der Waals surface area contributed by atoms with Gasteiger partial charge in [-0.2, -0.15) is 0 Å². The third-order valence-corrected chi connectivity index (χ3v) is 1.50. The summed E-state index contributed by atoms with van der Waals surface area (Å²) in [5.74, 6) is 0. The molecule has 0 radical (unpaired) electrons. The van der Waals surface area contributed by atoms with Crippen LogP contribution in [0.15, 0.2) is 0 Å². The zero-order valence-electron chi connectivity index (χ0n) is 14.5. The quantitative estimate of drug-likeness (QED) is 0.407. The smallest absolute Gasteiger partial charge is 1.00 e. The Kier molecular flexibility index (Phi) is 30.5. The van der Waals surface area contributed by atoms with Crippen molar-refractivity contribution in [1.82, 2.24) is 0 Å². The van der Waals surface area contributed by atoms with E-state index in [-0.39, 0.29) is 52.8 Å². The van der Waals surface area contributed by atoms with Crippen LogP contribution in [0.5, 0.6) is 0 Å². The normalized spacial score (nSPS) is 13.8. The molecule has 0 aromatic rings. The van der Waals surface area contributed by atoms with Crippen LogP contribution in [0.1, 0.15) is 53.8 Å². The Balaban J connectivity index is -0.0000000456. The van der Waals surface area contributed by atoms with Crippen molar-refractivity contribution < 1.29 is 105 Å². The second kappa shape index (κ2) is 20.3. The third-order valence-electron chi connectivity index (χ3n) is 1.50. The van der Waals surface area contributed by atoms with Crippen molar-refractivity contribution in [2.75, 3.05) is 0 Å². The maximum absolute atomic E-state index is 9.75. The van der Waals surface area contributed by atoms with Crippen molar-refractivity contribution in [3.63, 3.8) is 0 Å². The summed E-state index contributed by atoms with van der Waals surface area (Å²) in [5, 5.41) is 0. The van der Waals surface area contributed by atoms with Crippen LogP contribution in [0.4, 0.5) is 51.8 Å². The molecule has 1 aliphatic rings. The summed E-state index contributed by atoms with van der Waals surface area (Å²) >= 11 is 0. The molecule has 0 N–H and O–H groups in total. The summed E-state index contributed by atoms with van der Waals surface area (Å²) < 4.78 is 117. The minimum Gasteiger partial charge on any atom is -1.00 e. The van der Waals surface area contributed by atoms with Crippen LogP contribution in [-0.2, 0) is 0 Å². The monoisotopic (exact) mass is 415 g/mol. The van der Waals surface area contributed by atoms with Crippen LogP contribution < -0.4 is 51.4 Å². The molecule has 0 aliphatic heterocycles. The van der Waals surface area contributed by atoms with Gasteiger partial charge in [-0.3, -0.25) is 0 Å². The molecule has 148 valence electrons. The average Bonchev–Trinajstić information content (AvgIpc) is 2.27. The summed E-state index contributed by atoms with van der Waals surface area (Å²) in [5.41, 5.74) is 0. The molecule has 0 heterocycles. The minimum absolute atomic E-state index is 0. The molecule has 1 aliphatic carbocycles. The van der Waals surface area contributed by atoms with Crippen LogP contribution in [0.2, 0.25) is 0 Å². The number of hydrogen-bond acceptors (Lipinski definition) is 0. The van der Waals surface area contributed by atoms with Gasteiger partial charge in [0.05, 0.1) is 0 Å². The van der Waals surface area contributed by atoms with Crippen molar-refractivity contribution in [3.8, 4) is 0 Å². The molecule has 0 aromatic carbocycles. The van der Waals surface area contributed by atoms with E-state index in [1.54, 1.807) is 0 Å². The molecule has 0 amide bonds. The van der Waals surface area contributed by atoms with Crippen LogP contribution in [0.25, 0.3) is 0 Å². The van der Waals surface area contributed by atoms with Gasteiger partial charge in [0.25, 0.3) is 0 Å². The average molecular weight is 415 g/mol. The summed E-state index contributed by atoms with van der Waals surface area (Å²) in [6, 6.07) is 0. The number of hydrogen-bond donors (Lipinski definition) is 0. The molecule has 24 heavy (non-hydrogen) atoms. The summed E-state index contributed by atoms with van der Waals surface area (Å²) in [6.45, 7) is 4.00. The van der Waals surface area contributed by atoms with Gasteiger partial charge in [0, 0.05) is 0 Å². The van der Waals surface area contributed by atoms with Crippen molar-refractivity contribution in [2.45, 2.75) is 52.4 Å². The maximum atomic E-state index is 9.75. The summed E-state index contributed by atoms with van der Waals surface area (Å²) in [6.07, 6.45) is 9.00. The molecule has 0 aromatic heterocycles. The molecular weight excluding hydrogens is 396 g/mol. The van der Waals surface area contributed by atoms with E-state index < -0.39 is 21.8 Å². The second-order valence-corrected chi connectivity index (χ2v) is 3.61. The molecular formula is C8H19B3F12K-3. The molecule has 16 heteroatoms. The van der Waals surface area contributed by atoms with Gasteiger partial charge in [0.15, 0.2) is 0 Å². The molecule has 0 unspecified atom stereocenters. The van der Waals surface area contributed by atoms with Crippen molar-refractivity contribution in [2.24, 2.45) is 0 Å². The standard InChI is InChI=1S/C6H12.C2H6.3BF4.K.H/c1-2-4-6-5-3-1;1-2;3*2-1(3,4)5;;/h1-6H2;1-2H3;;;;;/q;;3*-1;+1;-1. The van der Waals surface area contributed by atoms with Gasteiger partial charge >= 0.3 is 73.1 Å². The van der Waals surface area contributed by atoms with Crippen LogP contribution in [-0.4, -0.2) is 21.8 Å². The molecule has 1 rings (SSSR count). The predicted octanol–water partition coefficient (Wildman–Crippen LogP) is 4.38. The molecule has 0 atom stereocenters. The van der Waals surface area contributed by atoms with Crippen LogP contribution >= 0.6 is 0 Å². The Bertz CT molecular complexity index is 174. The molecule has 0 saturated heterocycles. The minimum atomic E-state index is -6.00. The second-order valence-electron chi connectivity index (χ2n) is 3.61. The Labute approximate surface area is 177 Å². The topological polar surface area (TPSA) is 0 Å². The predicted molar refractivity (Wildman–Crippen MR) is 70.7 cm³/mol. The van der Waals surface area contributed by atoms with E-state index in [2.05, 4.69) is 0 Å². The van der Waals surface area contributed by atoms with E-state index in [9.17, 15) is 51.8 Å². The van der Waals surface area contributed by atoms with E-state index >= 15 is 0 Å². The SMILES string of the molecule is C1CCCCC1.CC.F[B-](F)(F)F.F[B-](F)(F)F.F[B-](F)(F)F.[H-].[K+]. The first-order valence-corrected chi connectivity index (χ1v) is 6.62. The molecule has 1 saturated carbocycles. The first-order valence-electron chi connectivity index (χ1n) is 6.62. The van der Waals surface area contributed by atoms with Gasteiger partial charge in [-0.1, -0.05) is 52.4 Å². The third kappa shape index (κ3) is 227. The maximum Gasteiger partial charge on any atom is 1.00 e. The Morgan fingerprint density at radius 3 is 0.500 bits per heavy atom. The summed E-state index contributed by atoms with van der Waals surface area (Å²) in [7, 11) is -18.0. The van der Waals surface area contributed by atoms with Gasteiger partial charge in [-0.15, -0.1) is 0 Å². The van der Waals surface area contributed by atoms with Gasteiger partial charge in [0.2, 0.25) is 0 Å². The van der Waals surface area contributed by atoms with Crippen LogP contribution in [0.3, 0.4) is 0 Å². The van der Waals surface area contributed by atoms with Gasteiger partial charge in [-0.25, -0.2) is 0 Å².